The number of carbonyl (C=O) groups excluding carboxylic acids is 1. The Morgan fingerprint density at radius 2 is 1.49 bits per heavy atom. The van der Waals surface area contributed by atoms with Crippen LogP contribution in [0.25, 0.3) is 0 Å². The molecule has 37 heavy (non-hydrogen) atoms. The number of hydrogen-bond acceptors (Lipinski definition) is 4. The molecule has 0 unspecified atom stereocenters. The summed E-state index contributed by atoms with van der Waals surface area (Å²) in [6.07, 6.45) is 0. The number of carbonyl (C=O) groups is 1. The fraction of sp³-hybridized carbons (Fsp3) is 0.0741. The minimum Gasteiger partial charge on any atom is -0.324 e. The van der Waals surface area contributed by atoms with Crippen LogP contribution in [0.2, 0.25) is 15.1 Å². The van der Waals surface area contributed by atoms with E-state index in [0.29, 0.717) is 26.3 Å². The largest absolute Gasteiger partial charge is 0.324 e. The normalized spacial score (nSPS) is 11.5. The van der Waals surface area contributed by atoms with E-state index in [9.17, 15) is 13.2 Å². The Bertz CT molecular complexity index is 1500. The van der Waals surface area contributed by atoms with Crippen molar-refractivity contribution in [3.8, 4) is 0 Å². The smallest absolute Gasteiger partial charge is 0.243 e. The van der Waals surface area contributed by atoms with Crippen LogP contribution in [0, 0.1) is 0 Å². The van der Waals surface area contributed by atoms with Gasteiger partial charge in [0.05, 0.1) is 27.2 Å². The van der Waals surface area contributed by atoms with Crippen LogP contribution < -0.4 is 5.32 Å². The van der Waals surface area contributed by atoms with Gasteiger partial charge in [0.25, 0.3) is 0 Å². The highest BCUT2D eigenvalue weighted by Gasteiger charge is 2.27. The summed E-state index contributed by atoms with van der Waals surface area (Å²) in [5, 5.41) is 3.91. The predicted octanol–water partition coefficient (Wildman–Crippen LogP) is 7.63. The lowest BCUT2D eigenvalue weighted by Gasteiger charge is -2.22. The minimum atomic E-state index is -4.05. The second kappa shape index (κ2) is 12.3. The molecule has 0 aliphatic heterocycles. The third kappa shape index (κ3) is 7.29. The molecule has 190 valence electrons. The molecule has 4 rings (SSSR count). The average Bonchev–Trinajstić information content (AvgIpc) is 2.88. The van der Waals surface area contributed by atoms with Crippen molar-refractivity contribution in [1.82, 2.24) is 4.31 Å². The highest BCUT2D eigenvalue weighted by molar-refractivity contribution is 7.99. The Morgan fingerprint density at radius 1 is 0.811 bits per heavy atom. The lowest BCUT2D eigenvalue weighted by molar-refractivity contribution is -0.116. The van der Waals surface area contributed by atoms with Crippen molar-refractivity contribution >= 4 is 68.2 Å². The van der Waals surface area contributed by atoms with Gasteiger partial charge in [-0.05, 0) is 66.2 Å². The molecule has 0 bridgehead atoms. The summed E-state index contributed by atoms with van der Waals surface area (Å²) in [5.74, 6) is -0.487. The topological polar surface area (TPSA) is 66.5 Å². The Hall–Kier alpha value is -2.52. The maximum Gasteiger partial charge on any atom is 0.243 e. The number of nitrogens with one attached hydrogen (secondary N) is 1. The van der Waals surface area contributed by atoms with Crippen LogP contribution >= 0.6 is 46.6 Å². The molecule has 0 atom stereocenters. The molecule has 1 N–H and O–H groups in total. The fourth-order valence-electron chi connectivity index (χ4n) is 3.45. The molecule has 0 saturated carbocycles. The number of rotatable bonds is 9. The average molecular weight is 592 g/mol. The second-order valence-electron chi connectivity index (χ2n) is 7.93. The van der Waals surface area contributed by atoms with Crippen molar-refractivity contribution in [3.05, 3.63) is 118 Å². The van der Waals surface area contributed by atoms with Crippen molar-refractivity contribution in [1.29, 1.82) is 0 Å². The Kier molecular flexibility index (Phi) is 9.18. The summed E-state index contributed by atoms with van der Waals surface area (Å²) >= 11 is 19.6. The lowest BCUT2D eigenvalue weighted by Crippen LogP contribution is -2.37. The SMILES string of the molecule is O=C(CN(Cc1ccc(Cl)c(Cl)c1)S(=O)(=O)c1ccc(Cl)cc1)Nc1ccccc1Sc1ccccc1. The molecular formula is C27H21Cl3N2O3S2. The van der Waals surface area contributed by atoms with E-state index in [2.05, 4.69) is 5.32 Å². The van der Waals surface area contributed by atoms with Crippen LogP contribution in [0.15, 0.2) is 112 Å². The predicted molar refractivity (Wildman–Crippen MR) is 151 cm³/mol. The third-order valence-electron chi connectivity index (χ3n) is 5.25. The van der Waals surface area contributed by atoms with Gasteiger partial charge in [-0.15, -0.1) is 0 Å². The summed E-state index contributed by atoms with van der Waals surface area (Å²) in [7, 11) is -4.05. The van der Waals surface area contributed by atoms with Crippen molar-refractivity contribution < 1.29 is 13.2 Å². The molecular weight excluding hydrogens is 571 g/mol. The number of amides is 1. The van der Waals surface area contributed by atoms with Crippen LogP contribution in [0.5, 0.6) is 0 Å². The van der Waals surface area contributed by atoms with Gasteiger partial charge in [0.15, 0.2) is 0 Å². The molecule has 0 fully saturated rings. The quantitative estimate of drug-likeness (QED) is 0.217. The molecule has 0 aromatic heterocycles. The molecule has 0 heterocycles. The zero-order chi connectivity index (χ0) is 26.4. The number of benzene rings is 4. The van der Waals surface area contributed by atoms with Gasteiger partial charge in [0.2, 0.25) is 15.9 Å². The van der Waals surface area contributed by atoms with Crippen molar-refractivity contribution in [2.24, 2.45) is 0 Å². The van der Waals surface area contributed by atoms with Crippen LogP contribution in [0.1, 0.15) is 5.56 Å². The van der Waals surface area contributed by atoms with E-state index in [1.54, 1.807) is 24.3 Å². The van der Waals surface area contributed by atoms with E-state index in [1.165, 1.54) is 36.0 Å². The highest BCUT2D eigenvalue weighted by atomic mass is 35.5. The number of nitrogens with zero attached hydrogens (tertiary/aromatic N) is 1. The van der Waals surface area contributed by atoms with Gasteiger partial charge in [-0.25, -0.2) is 8.42 Å². The molecule has 0 radical (unpaired) electrons. The summed E-state index contributed by atoms with van der Waals surface area (Å²) in [6, 6.07) is 27.7. The molecule has 4 aromatic carbocycles. The number of hydrogen-bond donors (Lipinski definition) is 1. The van der Waals surface area contributed by atoms with Gasteiger partial charge in [-0.3, -0.25) is 4.79 Å². The second-order valence-corrected chi connectivity index (χ2v) is 12.2. The van der Waals surface area contributed by atoms with Crippen LogP contribution in [0.3, 0.4) is 0 Å². The minimum absolute atomic E-state index is 0.0183. The summed E-state index contributed by atoms with van der Waals surface area (Å²) in [4.78, 5) is 15.0. The number of para-hydroxylation sites is 1. The van der Waals surface area contributed by atoms with E-state index in [4.69, 9.17) is 34.8 Å². The van der Waals surface area contributed by atoms with Crippen LogP contribution in [-0.2, 0) is 21.4 Å². The van der Waals surface area contributed by atoms with E-state index < -0.39 is 22.5 Å². The molecule has 10 heteroatoms. The molecule has 1 amide bonds. The van der Waals surface area contributed by atoms with Gasteiger partial charge in [-0.2, -0.15) is 4.31 Å². The first-order valence-corrected chi connectivity index (χ1v) is 14.4. The highest BCUT2D eigenvalue weighted by Crippen LogP contribution is 2.33. The van der Waals surface area contributed by atoms with E-state index in [1.807, 2.05) is 48.5 Å². The molecule has 0 spiro atoms. The monoisotopic (exact) mass is 590 g/mol. The molecule has 5 nitrogen and oxygen atoms in total. The van der Waals surface area contributed by atoms with E-state index >= 15 is 0 Å². The summed E-state index contributed by atoms with van der Waals surface area (Å²) in [5.41, 5.74) is 1.17. The first-order valence-electron chi connectivity index (χ1n) is 11.0. The zero-order valence-electron chi connectivity index (χ0n) is 19.3. The number of sulfonamides is 1. The van der Waals surface area contributed by atoms with E-state index in [-0.39, 0.29) is 11.4 Å². The van der Waals surface area contributed by atoms with Crippen molar-refractivity contribution in [2.45, 2.75) is 21.2 Å². The van der Waals surface area contributed by atoms with Gasteiger partial charge in [0, 0.05) is 21.4 Å². The van der Waals surface area contributed by atoms with Gasteiger partial charge >= 0.3 is 0 Å². The zero-order valence-corrected chi connectivity index (χ0v) is 23.2. The lowest BCUT2D eigenvalue weighted by atomic mass is 10.2. The third-order valence-corrected chi connectivity index (χ3v) is 9.13. The van der Waals surface area contributed by atoms with Crippen molar-refractivity contribution in [2.75, 3.05) is 11.9 Å². The summed E-state index contributed by atoms with van der Waals surface area (Å²) in [6.45, 7) is -0.509. The molecule has 0 saturated heterocycles. The van der Waals surface area contributed by atoms with Gasteiger partial charge in [0.1, 0.15) is 0 Å². The standard InChI is InChI=1S/C27H21Cl3N2O3S2/c28-20-11-13-22(14-12-20)37(34,35)32(17-19-10-15-23(29)24(30)16-19)18-27(33)31-25-8-4-5-9-26(25)36-21-6-2-1-3-7-21/h1-16H,17-18H2,(H,31,33). The molecule has 0 aliphatic rings. The maximum atomic E-state index is 13.5. The van der Waals surface area contributed by atoms with Gasteiger partial charge in [-0.1, -0.05) is 83.0 Å². The van der Waals surface area contributed by atoms with E-state index in [0.717, 1.165) is 14.1 Å². The molecule has 4 aromatic rings. The summed E-state index contributed by atoms with van der Waals surface area (Å²) < 4.78 is 28.2. The number of anilines is 1. The Morgan fingerprint density at radius 3 is 2.19 bits per heavy atom. The fourth-order valence-corrected chi connectivity index (χ4v) is 6.20. The Balaban J connectivity index is 1.59. The van der Waals surface area contributed by atoms with Crippen molar-refractivity contribution in [3.63, 3.8) is 0 Å². The first kappa shape index (κ1) is 27.5. The van der Waals surface area contributed by atoms with Crippen LogP contribution in [-0.4, -0.2) is 25.2 Å². The maximum absolute atomic E-state index is 13.5. The Labute approximate surface area is 235 Å². The van der Waals surface area contributed by atoms with Crippen LogP contribution in [0.4, 0.5) is 5.69 Å². The first-order chi connectivity index (χ1) is 17.7. The van der Waals surface area contributed by atoms with Gasteiger partial charge < -0.3 is 5.32 Å². The molecule has 0 aliphatic carbocycles. The number of halogens is 3.